The zero-order valence-electron chi connectivity index (χ0n) is 11.3. The first-order valence-electron chi connectivity index (χ1n) is 6.05. The molecule has 0 saturated carbocycles. The van der Waals surface area contributed by atoms with Gasteiger partial charge in [-0.25, -0.2) is 4.98 Å². The van der Waals surface area contributed by atoms with Crippen LogP contribution in [-0.4, -0.2) is 15.8 Å². The van der Waals surface area contributed by atoms with Gasteiger partial charge in [-0.2, -0.15) is 0 Å². The normalized spacial score (nSPS) is 12.0. The summed E-state index contributed by atoms with van der Waals surface area (Å²) in [6, 6.07) is 3.46. The number of carbonyl (C=O) groups excluding carboxylic acids is 1. The first kappa shape index (κ1) is 15.4. The Hall–Kier alpha value is -1.99. The van der Waals surface area contributed by atoms with E-state index in [1.807, 2.05) is 12.3 Å². The molecule has 0 aliphatic rings. The van der Waals surface area contributed by atoms with Gasteiger partial charge < -0.3 is 5.32 Å². The van der Waals surface area contributed by atoms with E-state index in [0.717, 1.165) is 16.8 Å². The van der Waals surface area contributed by atoms with Crippen LogP contribution < -0.4 is 5.32 Å². The maximum Gasteiger partial charge on any atom is 0.270 e. The maximum absolute atomic E-state index is 12.2. The number of rotatable bonds is 4. The minimum atomic E-state index is -0.569. The topological polar surface area (TPSA) is 85.1 Å². The fourth-order valence-corrected chi connectivity index (χ4v) is 2.72. The lowest BCUT2D eigenvalue weighted by molar-refractivity contribution is -0.384. The predicted molar refractivity (Wildman–Crippen MR) is 80.8 cm³/mol. The number of carbonyl (C=O) groups is 1. The van der Waals surface area contributed by atoms with Crippen LogP contribution in [0.5, 0.6) is 0 Å². The second kappa shape index (κ2) is 6.19. The Kier molecular flexibility index (Phi) is 4.54. The molecule has 2 aromatic rings. The smallest absolute Gasteiger partial charge is 0.270 e. The monoisotopic (exact) mass is 325 g/mol. The molecule has 1 aromatic carbocycles. The predicted octanol–water partition coefficient (Wildman–Crippen LogP) is 3.50. The van der Waals surface area contributed by atoms with Crippen LogP contribution in [-0.2, 0) is 0 Å². The van der Waals surface area contributed by atoms with Crippen molar-refractivity contribution in [2.75, 3.05) is 0 Å². The van der Waals surface area contributed by atoms with Crippen LogP contribution in [0, 0.1) is 17.0 Å². The number of aryl methyl sites for hydroxylation is 1. The van der Waals surface area contributed by atoms with Gasteiger partial charge in [-0.3, -0.25) is 14.9 Å². The minimum Gasteiger partial charge on any atom is -0.343 e. The van der Waals surface area contributed by atoms with Gasteiger partial charge in [0.25, 0.3) is 11.6 Å². The highest BCUT2D eigenvalue weighted by molar-refractivity contribution is 7.09. The molecule has 0 fully saturated rings. The Morgan fingerprint density at radius 1 is 1.52 bits per heavy atom. The number of non-ortho nitro benzene ring substituents is 1. The Bertz CT molecular complexity index is 702. The van der Waals surface area contributed by atoms with Crippen molar-refractivity contribution in [3.05, 3.63) is 55.0 Å². The van der Waals surface area contributed by atoms with Crippen molar-refractivity contribution in [1.29, 1.82) is 0 Å². The van der Waals surface area contributed by atoms with Gasteiger partial charge in [0.2, 0.25) is 0 Å². The molecule has 8 heteroatoms. The first-order valence-corrected chi connectivity index (χ1v) is 7.31. The lowest BCUT2D eigenvalue weighted by atomic mass is 10.1. The molecule has 21 heavy (non-hydrogen) atoms. The number of nitrogens with one attached hydrogen (secondary N) is 1. The Balaban J connectivity index is 2.20. The zero-order chi connectivity index (χ0) is 15.6. The molecule has 0 aliphatic carbocycles. The Labute approximate surface area is 129 Å². The van der Waals surface area contributed by atoms with Gasteiger partial charge in [-0.05, 0) is 19.9 Å². The van der Waals surface area contributed by atoms with E-state index in [9.17, 15) is 14.9 Å². The first-order chi connectivity index (χ1) is 9.88. The largest absolute Gasteiger partial charge is 0.343 e. The minimum absolute atomic E-state index is 0.0750. The van der Waals surface area contributed by atoms with Crippen molar-refractivity contribution in [3.8, 4) is 0 Å². The lowest BCUT2D eigenvalue weighted by Crippen LogP contribution is -2.26. The highest BCUT2D eigenvalue weighted by Gasteiger charge is 2.19. The van der Waals surface area contributed by atoms with Gasteiger partial charge >= 0.3 is 0 Å². The van der Waals surface area contributed by atoms with E-state index in [4.69, 9.17) is 11.6 Å². The van der Waals surface area contributed by atoms with Gasteiger partial charge in [0.1, 0.15) is 5.01 Å². The van der Waals surface area contributed by atoms with Crippen LogP contribution in [0.4, 0.5) is 5.69 Å². The molecule has 2 rings (SSSR count). The summed E-state index contributed by atoms with van der Waals surface area (Å²) in [7, 11) is 0. The number of nitro groups is 1. The third-order valence-electron chi connectivity index (χ3n) is 2.76. The number of halogens is 1. The lowest BCUT2D eigenvalue weighted by Gasteiger charge is -2.12. The van der Waals surface area contributed by atoms with E-state index >= 15 is 0 Å². The Morgan fingerprint density at radius 3 is 2.81 bits per heavy atom. The molecule has 1 amide bonds. The summed E-state index contributed by atoms with van der Waals surface area (Å²) < 4.78 is 0. The van der Waals surface area contributed by atoms with Crippen LogP contribution in [0.25, 0.3) is 0 Å². The summed E-state index contributed by atoms with van der Waals surface area (Å²) in [6.07, 6.45) is 0. The van der Waals surface area contributed by atoms with Crippen LogP contribution >= 0.6 is 22.9 Å². The summed E-state index contributed by atoms with van der Waals surface area (Å²) in [5.74, 6) is -0.468. The van der Waals surface area contributed by atoms with Crippen LogP contribution in [0.2, 0.25) is 5.02 Å². The number of hydrogen-bond donors (Lipinski definition) is 1. The van der Waals surface area contributed by atoms with Crippen molar-refractivity contribution < 1.29 is 9.72 Å². The number of nitrogens with zero attached hydrogens (tertiary/aromatic N) is 2. The number of thiazole rings is 1. The molecule has 1 heterocycles. The number of amides is 1. The average molecular weight is 326 g/mol. The molecule has 110 valence electrons. The molecular formula is C13H12ClN3O3S. The van der Waals surface area contributed by atoms with Crippen LogP contribution in [0.1, 0.15) is 34.0 Å². The van der Waals surface area contributed by atoms with Crippen LogP contribution in [0.3, 0.4) is 0 Å². The number of aromatic nitrogens is 1. The molecular weight excluding hydrogens is 314 g/mol. The summed E-state index contributed by atoms with van der Waals surface area (Å²) >= 11 is 7.37. The standard InChI is InChI=1S/C13H12ClN3O3S/c1-7-6-21-13(15-7)8(2)16-12(18)10-5-9(17(19)20)3-4-11(10)14/h3-6,8H,1-2H3,(H,16,18). The number of hydrogen-bond acceptors (Lipinski definition) is 5. The Morgan fingerprint density at radius 2 is 2.24 bits per heavy atom. The van der Waals surface area contributed by atoms with Crippen LogP contribution in [0.15, 0.2) is 23.6 Å². The zero-order valence-corrected chi connectivity index (χ0v) is 12.9. The summed E-state index contributed by atoms with van der Waals surface area (Å²) in [6.45, 7) is 3.66. The van der Waals surface area contributed by atoms with E-state index in [1.54, 1.807) is 6.92 Å². The third-order valence-corrected chi connectivity index (χ3v) is 4.24. The number of benzene rings is 1. The van der Waals surface area contributed by atoms with Gasteiger partial charge in [0.05, 0.1) is 21.6 Å². The molecule has 0 bridgehead atoms. The number of nitro benzene ring substituents is 1. The molecule has 1 aromatic heterocycles. The van der Waals surface area contributed by atoms with Crippen molar-refractivity contribution in [3.63, 3.8) is 0 Å². The molecule has 0 saturated heterocycles. The molecule has 0 aliphatic heterocycles. The van der Waals surface area contributed by atoms with E-state index < -0.39 is 10.8 Å². The van der Waals surface area contributed by atoms with Gasteiger partial charge in [0.15, 0.2) is 0 Å². The molecule has 1 N–H and O–H groups in total. The van der Waals surface area contributed by atoms with Crippen molar-refractivity contribution in [2.45, 2.75) is 19.9 Å². The van der Waals surface area contributed by atoms with E-state index in [0.29, 0.717) is 0 Å². The molecule has 1 atom stereocenters. The second-order valence-corrected chi connectivity index (χ2v) is 5.74. The van der Waals surface area contributed by atoms with Crippen molar-refractivity contribution >= 4 is 34.5 Å². The summed E-state index contributed by atoms with van der Waals surface area (Å²) in [5, 5.41) is 16.3. The highest BCUT2D eigenvalue weighted by atomic mass is 35.5. The highest BCUT2D eigenvalue weighted by Crippen LogP contribution is 2.23. The van der Waals surface area contributed by atoms with Gasteiger partial charge in [-0.15, -0.1) is 11.3 Å². The quantitative estimate of drug-likeness (QED) is 0.688. The van der Waals surface area contributed by atoms with E-state index in [2.05, 4.69) is 10.3 Å². The van der Waals surface area contributed by atoms with Gasteiger partial charge in [0, 0.05) is 23.2 Å². The van der Waals surface area contributed by atoms with Crippen molar-refractivity contribution in [1.82, 2.24) is 10.3 Å². The van der Waals surface area contributed by atoms with E-state index in [-0.39, 0.29) is 22.3 Å². The molecule has 0 spiro atoms. The SMILES string of the molecule is Cc1csc(C(C)NC(=O)c2cc([N+](=O)[O-])ccc2Cl)n1. The molecule has 6 nitrogen and oxygen atoms in total. The fourth-order valence-electron chi connectivity index (χ4n) is 1.71. The second-order valence-electron chi connectivity index (χ2n) is 4.44. The maximum atomic E-state index is 12.2. The van der Waals surface area contributed by atoms with Crippen molar-refractivity contribution in [2.24, 2.45) is 0 Å². The van der Waals surface area contributed by atoms with E-state index in [1.165, 1.54) is 23.5 Å². The third kappa shape index (κ3) is 3.56. The summed E-state index contributed by atoms with van der Waals surface area (Å²) in [4.78, 5) is 26.7. The summed E-state index contributed by atoms with van der Waals surface area (Å²) in [5.41, 5.74) is 0.776. The fraction of sp³-hybridized carbons (Fsp3) is 0.231. The molecule has 0 radical (unpaired) electrons. The average Bonchev–Trinajstić information content (AvgIpc) is 2.85. The van der Waals surface area contributed by atoms with Gasteiger partial charge in [-0.1, -0.05) is 11.6 Å². The molecule has 1 unspecified atom stereocenters.